The summed E-state index contributed by atoms with van der Waals surface area (Å²) in [5.41, 5.74) is 5.85. The molecule has 90 valence electrons. The van der Waals surface area contributed by atoms with Crippen molar-refractivity contribution in [3.8, 4) is 6.07 Å². The van der Waals surface area contributed by atoms with E-state index in [4.69, 9.17) is 11.0 Å². The predicted molar refractivity (Wildman–Crippen MR) is 62.5 cm³/mol. The number of carbonyl (C=O) groups is 1. The van der Waals surface area contributed by atoms with E-state index >= 15 is 0 Å². The van der Waals surface area contributed by atoms with Gasteiger partial charge in [0.1, 0.15) is 6.04 Å². The molecule has 16 heavy (non-hydrogen) atoms. The molecule has 0 saturated carbocycles. The number of likely N-dealkylation sites (tertiary alicyclic amines) is 1. The van der Waals surface area contributed by atoms with Crippen molar-refractivity contribution in [3.05, 3.63) is 0 Å². The molecule has 2 N–H and O–H groups in total. The number of hydrogen-bond donors (Lipinski definition) is 1. The number of carbonyl (C=O) groups excluding carboxylic acids is 1. The van der Waals surface area contributed by atoms with Crippen molar-refractivity contribution in [3.63, 3.8) is 0 Å². The molecule has 1 unspecified atom stereocenters. The zero-order valence-corrected chi connectivity index (χ0v) is 9.98. The van der Waals surface area contributed by atoms with Crippen LogP contribution >= 0.6 is 0 Å². The van der Waals surface area contributed by atoms with Crippen molar-refractivity contribution in [1.82, 2.24) is 4.90 Å². The Bertz CT molecular complexity index is 272. The molecule has 2 atom stereocenters. The van der Waals surface area contributed by atoms with Crippen LogP contribution in [0.1, 0.15) is 45.4 Å². The summed E-state index contributed by atoms with van der Waals surface area (Å²) in [4.78, 5) is 13.6. The predicted octanol–water partition coefficient (Wildman–Crippen LogP) is 1.41. The van der Waals surface area contributed by atoms with E-state index in [2.05, 4.69) is 13.0 Å². The number of amides is 1. The minimum Gasteiger partial charge on any atom is -0.325 e. The van der Waals surface area contributed by atoms with Crippen LogP contribution in [0.3, 0.4) is 0 Å². The van der Waals surface area contributed by atoms with Gasteiger partial charge in [-0.1, -0.05) is 26.2 Å². The van der Waals surface area contributed by atoms with Crippen LogP contribution < -0.4 is 5.73 Å². The second kappa shape index (κ2) is 6.49. The van der Waals surface area contributed by atoms with Crippen LogP contribution in [0.5, 0.6) is 0 Å². The molecule has 0 radical (unpaired) electrons. The van der Waals surface area contributed by atoms with E-state index in [9.17, 15) is 4.79 Å². The van der Waals surface area contributed by atoms with Crippen LogP contribution in [0.15, 0.2) is 0 Å². The summed E-state index contributed by atoms with van der Waals surface area (Å²) in [7, 11) is 0. The van der Waals surface area contributed by atoms with Crippen molar-refractivity contribution in [2.45, 2.75) is 57.5 Å². The Labute approximate surface area is 97.4 Å². The normalized spacial score (nSPS) is 21.8. The van der Waals surface area contributed by atoms with Gasteiger partial charge in [-0.2, -0.15) is 5.26 Å². The largest absolute Gasteiger partial charge is 0.325 e. The van der Waals surface area contributed by atoms with Crippen LogP contribution in [-0.2, 0) is 4.79 Å². The first kappa shape index (κ1) is 13.0. The molecule has 1 fully saturated rings. The molecule has 1 rings (SSSR count). The second-order valence-electron chi connectivity index (χ2n) is 4.42. The Morgan fingerprint density at radius 1 is 1.62 bits per heavy atom. The van der Waals surface area contributed by atoms with E-state index in [1.165, 1.54) is 0 Å². The van der Waals surface area contributed by atoms with Crippen LogP contribution in [-0.4, -0.2) is 29.4 Å². The number of nitrogens with two attached hydrogens (primary N) is 1. The van der Waals surface area contributed by atoms with E-state index in [-0.39, 0.29) is 11.9 Å². The van der Waals surface area contributed by atoms with Gasteiger partial charge in [-0.05, 0) is 19.3 Å². The van der Waals surface area contributed by atoms with Crippen molar-refractivity contribution >= 4 is 5.91 Å². The lowest BCUT2D eigenvalue weighted by Crippen LogP contribution is -2.45. The average Bonchev–Trinajstić information content (AvgIpc) is 2.76. The fraction of sp³-hybridized carbons (Fsp3) is 0.833. The lowest BCUT2D eigenvalue weighted by molar-refractivity contribution is -0.132. The number of rotatable bonds is 5. The zero-order valence-electron chi connectivity index (χ0n) is 9.98. The lowest BCUT2D eigenvalue weighted by atomic mass is 10.1. The van der Waals surface area contributed by atoms with Gasteiger partial charge in [-0.25, -0.2) is 0 Å². The fourth-order valence-corrected chi connectivity index (χ4v) is 2.12. The molecule has 0 aromatic rings. The van der Waals surface area contributed by atoms with Gasteiger partial charge >= 0.3 is 0 Å². The zero-order chi connectivity index (χ0) is 12.0. The second-order valence-corrected chi connectivity index (χ2v) is 4.42. The van der Waals surface area contributed by atoms with E-state index in [1.807, 2.05) is 0 Å². The summed E-state index contributed by atoms with van der Waals surface area (Å²) in [5, 5.41) is 8.90. The van der Waals surface area contributed by atoms with Gasteiger partial charge in [0.25, 0.3) is 0 Å². The third-order valence-electron chi connectivity index (χ3n) is 3.12. The van der Waals surface area contributed by atoms with Crippen LogP contribution in [0.25, 0.3) is 0 Å². The lowest BCUT2D eigenvalue weighted by Gasteiger charge is -2.23. The average molecular weight is 223 g/mol. The molecule has 1 amide bonds. The fourth-order valence-electron chi connectivity index (χ4n) is 2.12. The molecule has 0 spiro atoms. The highest BCUT2D eigenvalue weighted by atomic mass is 16.2. The van der Waals surface area contributed by atoms with E-state index in [0.29, 0.717) is 6.54 Å². The Morgan fingerprint density at radius 2 is 2.38 bits per heavy atom. The summed E-state index contributed by atoms with van der Waals surface area (Å²) in [5.74, 6) is -0.0415. The highest BCUT2D eigenvalue weighted by Gasteiger charge is 2.31. The van der Waals surface area contributed by atoms with Crippen molar-refractivity contribution < 1.29 is 4.79 Å². The molecule has 4 heteroatoms. The number of nitriles is 1. The van der Waals surface area contributed by atoms with Gasteiger partial charge in [0.2, 0.25) is 5.91 Å². The summed E-state index contributed by atoms with van der Waals surface area (Å²) in [6.45, 7) is 2.82. The summed E-state index contributed by atoms with van der Waals surface area (Å²) in [6, 6.07) is 1.50. The Morgan fingerprint density at radius 3 is 3.00 bits per heavy atom. The molecule has 4 nitrogen and oxygen atoms in total. The minimum absolute atomic E-state index is 0.0415. The molecule has 1 aliphatic heterocycles. The third-order valence-corrected chi connectivity index (χ3v) is 3.12. The molecular weight excluding hydrogens is 202 g/mol. The van der Waals surface area contributed by atoms with Gasteiger partial charge < -0.3 is 10.6 Å². The van der Waals surface area contributed by atoms with Crippen molar-refractivity contribution in [2.24, 2.45) is 5.73 Å². The maximum absolute atomic E-state index is 12.0. The number of hydrogen-bond acceptors (Lipinski definition) is 3. The van der Waals surface area contributed by atoms with Crippen LogP contribution in [0.2, 0.25) is 0 Å². The monoisotopic (exact) mass is 223 g/mol. The van der Waals surface area contributed by atoms with E-state index in [0.717, 1.165) is 38.5 Å². The third kappa shape index (κ3) is 3.21. The minimum atomic E-state index is -0.416. The molecule has 0 bridgehead atoms. The summed E-state index contributed by atoms with van der Waals surface area (Å²) >= 11 is 0. The smallest absolute Gasteiger partial charge is 0.240 e. The van der Waals surface area contributed by atoms with Crippen molar-refractivity contribution in [2.75, 3.05) is 6.54 Å². The topological polar surface area (TPSA) is 70.1 Å². The number of nitrogens with zero attached hydrogens (tertiary/aromatic N) is 2. The Kier molecular flexibility index (Phi) is 5.27. The van der Waals surface area contributed by atoms with E-state index < -0.39 is 6.04 Å². The van der Waals surface area contributed by atoms with Gasteiger partial charge in [0.05, 0.1) is 12.1 Å². The van der Waals surface area contributed by atoms with Gasteiger partial charge in [-0.15, -0.1) is 0 Å². The SMILES string of the molecule is CCCCCC(N)C(=O)N1CCC[C@@H]1C#N. The molecule has 0 aliphatic carbocycles. The standard InChI is InChI=1S/C12H21N3O/c1-2-3-4-7-11(14)12(16)15-8-5-6-10(15)9-13/h10-11H,2-8,14H2,1H3/t10-,11?/m1/s1. The summed E-state index contributed by atoms with van der Waals surface area (Å²) in [6.07, 6.45) is 5.69. The van der Waals surface area contributed by atoms with Gasteiger partial charge in [0, 0.05) is 6.54 Å². The maximum Gasteiger partial charge on any atom is 0.240 e. The van der Waals surface area contributed by atoms with Crippen LogP contribution in [0, 0.1) is 11.3 Å². The van der Waals surface area contributed by atoms with Gasteiger partial charge in [-0.3, -0.25) is 4.79 Å². The molecule has 1 saturated heterocycles. The first-order valence-corrected chi connectivity index (χ1v) is 6.16. The van der Waals surface area contributed by atoms with E-state index in [1.54, 1.807) is 4.90 Å². The molecule has 0 aromatic carbocycles. The van der Waals surface area contributed by atoms with Crippen LogP contribution in [0.4, 0.5) is 0 Å². The number of unbranched alkanes of at least 4 members (excludes halogenated alkanes) is 2. The molecule has 0 aromatic heterocycles. The first-order valence-electron chi connectivity index (χ1n) is 6.16. The van der Waals surface area contributed by atoms with Crippen molar-refractivity contribution in [1.29, 1.82) is 5.26 Å². The first-order chi connectivity index (χ1) is 7.70. The maximum atomic E-state index is 12.0. The molecule has 1 aliphatic rings. The molecular formula is C12H21N3O. The molecule has 1 heterocycles. The summed E-state index contributed by atoms with van der Waals surface area (Å²) < 4.78 is 0. The highest BCUT2D eigenvalue weighted by molar-refractivity contribution is 5.82. The van der Waals surface area contributed by atoms with Gasteiger partial charge in [0.15, 0.2) is 0 Å². The Hall–Kier alpha value is -1.08. The Balaban J connectivity index is 2.41. The quantitative estimate of drug-likeness (QED) is 0.716. The highest BCUT2D eigenvalue weighted by Crippen LogP contribution is 2.18.